The third-order valence-electron chi connectivity index (χ3n) is 7.94. The summed E-state index contributed by atoms with van der Waals surface area (Å²) in [5, 5.41) is 0. The van der Waals surface area contributed by atoms with Crippen molar-refractivity contribution >= 4 is 18.4 Å². The fourth-order valence-electron chi connectivity index (χ4n) is 6.89. The number of hydrogen-bond acceptors (Lipinski definition) is 0. The summed E-state index contributed by atoms with van der Waals surface area (Å²) in [6, 6.07) is 0. The van der Waals surface area contributed by atoms with Crippen LogP contribution < -0.4 is 0 Å². The van der Waals surface area contributed by atoms with Crippen LogP contribution in [0.25, 0.3) is 0 Å². The van der Waals surface area contributed by atoms with E-state index in [1.165, 1.54) is 96.3 Å². The van der Waals surface area contributed by atoms with Gasteiger partial charge in [0.25, 0.3) is 0 Å². The molecule has 0 radical (unpaired) electrons. The second-order valence-electron chi connectivity index (χ2n) is 9.23. The first kappa shape index (κ1) is 20.3. The molecule has 3 fully saturated rings. The fourth-order valence-corrected chi connectivity index (χ4v) is 30.8. The molecule has 4 heteroatoms. The van der Waals surface area contributed by atoms with Crippen molar-refractivity contribution < 1.29 is 13.2 Å². The van der Waals surface area contributed by atoms with Gasteiger partial charge in [0.05, 0.1) is 0 Å². The molecule has 0 amide bonds. The molecule has 0 saturated heterocycles. The molecule has 25 heavy (non-hydrogen) atoms. The number of hydrogen-bond donors (Lipinski definition) is 0. The molecule has 0 aliphatic heterocycles. The van der Waals surface area contributed by atoms with Crippen LogP contribution in [0.2, 0.25) is 16.2 Å². The van der Waals surface area contributed by atoms with E-state index >= 15 is 0 Å². The molecular weight excluding hydrogens is 428 g/mol. The predicted molar refractivity (Wildman–Crippen MR) is 102 cm³/mol. The minimum atomic E-state index is -3.94. The Morgan fingerprint density at radius 2 is 0.880 bits per heavy atom. The first-order chi connectivity index (χ1) is 12.0. The van der Waals surface area contributed by atoms with Crippen molar-refractivity contribution in [1.82, 2.24) is 0 Å². The van der Waals surface area contributed by atoms with Gasteiger partial charge < -0.3 is 0 Å². The molecule has 0 unspecified atom stereocenters. The molecule has 0 bridgehead atoms. The summed E-state index contributed by atoms with van der Waals surface area (Å²) >= 11 is -2.91. The van der Waals surface area contributed by atoms with Gasteiger partial charge in [-0.1, -0.05) is 0 Å². The van der Waals surface area contributed by atoms with Gasteiger partial charge in [-0.15, -0.1) is 0 Å². The Hall–Kier alpha value is 0.589. The first-order valence-electron chi connectivity index (χ1n) is 11.1. The molecule has 0 heterocycles. The van der Waals surface area contributed by atoms with Crippen molar-refractivity contribution in [1.29, 1.82) is 0 Å². The second-order valence-corrected chi connectivity index (χ2v) is 24.0. The molecule has 3 saturated carbocycles. The Kier molecular flexibility index (Phi) is 7.47. The summed E-state index contributed by atoms with van der Waals surface area (Å²) in [5.74, 6) is 0. The van der Waals surface area contributed by atoms with Crippen LogP contribution in [0.4, 0.5) is 13.2 Å². The quantitative estimate of drug-likeness (QED) is 0.358. The monoisotopic (exact) mass is 466 g/mol. The van der Waals surface area contributed by atoms with Gasteiger partial charge in [-0.3, -0.25) is 0 Å². The Morgan fingerprint density at radius 1 is 0.560 bits per heavy atom. The van der Waals surface area contributed by atoms with Crippen molar-refractivity contribution in [3.05, 3.63) is 0 Å². The van der Waals surface area contributed by atoms with Crippen LogP contribution >= 0.6 is 0 Å². The van der Waals surface area contributed by atoms with Gasteiger partial charge >= 0.3 is 157 Å². The third-order valence-corrected chi connectivity index (χ3v) is 29.1. The van der Waals surface area contributed by atoms with Crippen molar-refractivity contribution in [2.24, 2.45) is 0 Å². The summed E-state index contributed by atoms with van der Waals surface area (Å²) in [7, 11) is 0. The zero-order valence-corrected chi connectivity index (χ0v) is 18.7. The van der Waals surface area contributed by atoms with Crippen LogP contribution in [0.1, 0.15) is 103 Å². The third kappa shape index (κ3) is 5.10. The van der Waals surface area contributed by atoms with E-state index in [1.54, 1.807) is 0 Å². The summed E-state index contributed by atoms with van der Waals surface area (Å²) in [6.07, 6.45) is 15.1. The fraction of sp³-hybridized carbons (Fsp3) is 1.00. The maximum absolute atomic E-state index is 13.3. The van der Waals surface area contributed by atoms with E-state index in [2.05, 4.69) is 0 Å². The predicted octanol–water partition coefficient (Wildman–Crippen LogP) is 8.39. The molecule has 146 valence electrons. The molecule has 0 aromatic carbocycles. The first-order valence-corrected chi connectivity index (χ1v) is 18.1. The van der Waals surface area contributed by atoms with Gasteiger partial charge in [-0.05, 0) is 0 Å². The van der Waals surface area contributed by atoms with Gasteiger partial charge in [-0.2, -0.15) is 0 Å². The summed E-state index contributed by atoms with van der Waals surface area (Å²) in [4.78, 5) is 0. The summed E-state index contributed by atoms with van der Waals surface area (Å²) in [5.41, 5.74) is 0. The van der Waals surface area contributed by atoms with E-state index in [0.717, 1.165) is 11.8 Å². The maximum atomic E-state index is 13.3. The molecule has 3 aliphatic carbocycles. The Bertz CT molecular complexity index is 343. The minimum absolute atomic E-state index is 0.452. The van der Waals surface area contributed by atoms with Crippen LogP contribution in [0.3, 0.4) is 0 Å². The van der Waals surface area contributed by atoms with Crippen molar-refractivity contribution in [2.75, 3.05) is 0 Å². The van der Waals surface area contributed by atoms with Crippen molar-refractivity contribution in [3.63, 3.8) is 0 Å². The zero-order valence-electron chi connectivity index (χ0n) is 15.9. The van der Waals surface area contributed by atoms with Crippen LogP contribution in [0.5, 0.6) is 0 Å². The van der Waals surface area contributed by atoms with Crippen LogP contribution in [-0.2, 0) is 0 Å². The van der Waals surface area contributed by atoms with Crippen LogP contribution in [0, 0.1) is 0 Å². The SMILES string of the molecule is FC(F)(F)C[CH2][Sn]([CH]1CCCCC1)([CH]1CCCCC1)[CH]1CCCCC1. The van der Waals surface area contributed by atoms with Gasteiger partial charge in [0.1, 0.15) is 0 Å². The van der Waals surface area contributed by atoms with E-state index in [4.69, 9.17) is 0 Å². The molecule has 0 spiro atoms. The van der Waals surface area contributed by atoms with Crippen molar-refractivity contribution in [2.45, 2.75) is 125 Å². The molecule has 0 nitrogen and oxygen atoms in total. The van der Waals surface area contributed by atoms with Crippen molar-refractivity contribution in [3.8, 4) is 0 Å². The topological polar surface area (TPSA) is 0 Å². The molecule has 3 aliphatic rings. The molecule has 0 aromatic rings. The Balaban J connectivity index is 1.90. The number of halogens is 3. The van der Waals surface area contributed by atoms with Gasteiger partial charge in [-0.25, -0.2) is 0 Å². The molecule has 0 atom stereocenters. The van der Waals surface area contributed by atoms with E-state index in [1.807, 2.05) is 0 Å². The molecule has 3 rings (SSSR count). The number of alkyl halides is 3. The normalized spacial score (nSPS) is 26.0. The van der Waals surface area contributed by atoms with Crippen LogP contribution in [-0.4, -0.2) is 24.6 Å². The van der Waals surface area contributed by atoms with Gasteiger partial charge in [0.2, 0.25) is 0 Å². The van der Waals surface area contributed by atoms with Crippen LogP contribution in [0.15, 0.2) is 0 Å². The Morgan fingerprint density at radius 3 is 1.16 bits per heavy atom. The zero-order chi connectivity index (χ0) is 17.8. The van der Waals surface area contributed by atoms with E-state index in [0.29, 0.717) is 4.44 Å². The average Bonchev–Trinajstić information content (AvgIpc) is 2.64. The van der Waals surface area contributed by atoms with Gasteiger partial charge in [0, 0.05) is 0 Å². The average molecular weight is 465 g/mol. The standard InChI is InChI=1S/3C6H11.C3H4F3.Sn/c3*1-2-4-6-5-3-1;1-2-3(4,5)6;/h3*1H,2-6H2;1-2H2;. The molecule has 0 N–H and O–H groups in total. The second kappa shape index (κ2) is 9.19. The molecule has 0 aromatic heterocycles. The number of rotatable bonds is 5. The van der Waals surface area contributed by atoms with E-state index in [9.17, 15) is 13.2 Å². The summed E-state index contributed by atoms with van der Waals surface area (Å²) < 4.78 is 42.9. The van der Waals surface area contributed by atoms with E-state index in [-0.39, 0.29) is 0 Å². The van der Waals surface area contributed by atoms with Gasteiger partial charge in [0.15, 0.2) is 0 Å². The molecular formula is C21H37F3Sn. The van der Waals surface area contributed by atoms with E-state index < -0.39 is 31.0 Å². The summed E-state index contributed by atoms with van der Waals surface area (Å²) in [6.45, 7) is 0. The Labute approximate surface area is 156 Å².